The summed E-state index contributed by atoms with van der Waals surface area (Å²) in [5.74, 6) is 0.107. The number of nitrogens with zero attached hydrogens (tertiary/aromatic N) is 6. The van der Waals surface area contributed by atoms with Crippen LogP contribution in [0.2, 0.25) is 0 Å². The third-order valence-corrected chi connectivity index (χ3v) is 4.85. The summed E-state index contributed by atoms with van der Waals surface area (Å²) < 4.78 is 6.67. The van der Waals surface area contributed by atoms with Crippen molar-refractivity contribution in [2.45, 2.75) is 12.5 Å². The number of hydrogen-bond acceptors (Lipinski definition) is 6. The van der Waals surface area contributed by atoms with E-state index in [1.807, 2.05) is 30.3 Å². The highest BCUT2D eigenvalue weighted by atomic mass is 16.3. The van der Waals surface area contributed by atoms with Crippen LogP contribution in [0.4, 0.5) is 0 Å². The molecule has 0 spiro atoms. The first-order valence-corrected chi connectivity index (χ1v) is 9.10. The number of furan rings is 1. The SMILES string of the molecule is O=C(c1ccco1)N1CCN(C(=O)[C@H](Cc2ccccc2)n2cnnn2)CC1. The van der Waals surface area contributed by atoms with Crippen molar-refractivity contribution in [2.24, 2.45) is 0 Å². The molecule has 0 saturated carbocycles. The molecule has 1 fully saturated rings. The predicted molar refractivity (Wildman–Crippen MR) is 98.2 cm³/mol. The summed E-state index contributed by atoms with van der Waals surface area (Å²) in [5.41, 5.74) is 1.03. The minimum atomic E-state index is -0.523. The van der Waals surface area contributed by atoms with Crippen molar-refractivity contribution >= 4 is 11.8 Å². The lowest BCUT2D eigenvalue weighted by molar-refractivity contribution is -0.136. The lowest BCUT2D eigenvalue weighted by Crippen LogP contribution is -2.52. The first-order valence-electron chi connectivity index (χ1n) is 9.10. The van der Waals surface area contributed by atoms with Gasteiger partial charge in [0.05, 0.1) is 6.26 Å². The van der Waals surface area contributed by atoms with Crippen molar-refractivity contribution in [3.05, 3.63) is 66.4 Å². The van der Waals surface area contributed by atoms with Crippen LogP contribution in [0.5, 0.6) is 0 Å². The number of rotatable bonds is 5. The minimum Gasteiger partial charge on any atom is -0.459 e. The summed E-state index contributed by atoms with van der Waals surface area (Å²) in [6, 6.07) is 12.6. The normalized spacial score (nSPS) is 15.4. The van der Waals surface area contributed by atoms with Gasteiger partial charge >= 0.3 is 0 Å². The van der Waals surface area contributed by atoms with Gasteiger partial charge in [-0.05, 0) is 28.1 Å². The van der Waals surface area contributed by atoms with E-state index in [2.05, 4.69) is 15.5 Å². The van der Waals surface area contributed by atoms with Gasteiger partial charge in [-0.25, -0.2) is 4.68 Å². The zero-order valence-electron chi connectivity index (χ0n) is 15.2. The molecule has 3 heterocycles. The first-order chi connectivity index (χ1) is 13.7. The minimum absolute atomic E-state index is 0.0544. The van der Waals surface area contributed by atoms with Gasteiger partial charge < -0.3 is 14.2 Å². The van der Waals surface area contributed by atoms with Crippen LogP contribution in [0.3, 0.4) is 0 Å². The van der Waals surface area contributed by atoms with Crippen LogP contribution in [-0.4, -0.2) is 68.0 Å². The van der Waals surface area contributed by atoms with Gasteiger partial charge in [0.25, 0.3) is 5.91 Å². The number of piperazine rings is 1. The molecule has 4 rings (SSSR count). The summed E-state index contributed by atoms with van der Waals surface area (Å²) in [7, 11) is 0. The maximum absolute atomic E-state index is 13.2. The van der Waals surface area contributed by atoms with E-state index in [-0.39, 0.29) is 11.8 Å². The molecule has 2 amide bonds. The second kappa shape index (κ2) is 8.03. The quantitative estimate of drug-likeness (QED) is 0.656. The van der Waals surface area contributed by atoms with E-state index in [4.69, 9.17) is 4.42 Å². The average Bonchev–Trinajstić information content (AvgIpc) is 3.46. The number of amides is 2. The van der Waals surface area contributed by atoms with Crippen LogP contribution >= 0.6 is 0 Å². The second-order valence-corrected chi connectivity index (χ2v) is 6.59. The fourth-order valence-corrected chi connectivity index (χ4v) is 3.34. The summed E-state index contributed by atoms with van der Waals surface area (Å²) in [5, 5.41) is 11.3. The van der Waals surface area contributed by atoms with Gasteiger partial charge in [0.2, 0.25) is 5.91 Å². The van der Waals surface area contributed by atoms with Crippen LogP contribution in [0.25, 0.3) is 0 Å². The molecule has 2 aromatic heterocycles. The van der Waals surface area contributed by atoms with E-state index in [1.54, 1.807) is 21.9 Å². The van der Waals surface area contributed by atoms with Crippen molar-refractivity contribution in [1.82, 2.24) is 30.0 Å². The van der Waals surface area contributed by atoms with Gasteiger partial charge in [-0.15, -0.1) is 5.10 Å². The molecule has 0 radical (unpaired) electrons. The van der Waals surface area contributed by atoms with Gasteiger partial charge in [-0.1, -0.05) is 30.3 Å². The molecule has 0 unspecified atom stereocenters. The highest BCUT2D eigenvalue weighted by Gasteiger charge is 2.31. The Kier molecular flexibility index (Phi) is 5.14. The molecule has 1 aromatic carbocycles. The zero-order valence-corrected chi connectivity index (χ0v) is 15.2. The average molecular weight is 380 g/mol. The molecule has 0 N–H and O–H groups in total. The van der Waals surface area contributed by atoms with E-state index in [0.717, 1.165) is 5.56 Å². The number of benzene rings is 1. The Morgan fingerprint density at radius 3 is 2.39 bits per heavy atom. The third-order valence-electron chi connectivity index (χ3n) is 4.85. The van der Waals surface area contributed by atoms with Crippen molar-refractivity contribution in [2.75, 3.05) is 26.2 Å². The monoisotopic (exact) mass is 380 g/mol. The molecule has 28 heavy (non-hydrogen) atoms. The smallest absolute Gasteiger partial charge is 0.289 e. The van der Waals surface area contributed by atoms with Crippen molar-refractivity contribution in [1.29, 1.82) is 0 Å². The summed E-state index contributed by atoms with van der Waals surface area (Å²) in [6.07, 6.45) is 3.44. The lowest BCUT2D eigenvalue weighted by atomic mass is 10.0. The molecular formula is C19H20N6O3. The third kappa shape index (κ3) is 3.78. The van der Waals surface area contributed by atoms with Crippen molar-refractivity contribution in [3.63, 3.8) is 0 Å². The molecule has 1 aliphatic rings. The molecule has 9 heteroatoms. The Morgan fingerprint density at radius 2 is 1.75 bits per heavy atom. The van der Waals surface area contributed by atoms with Crippen LogP contribution in [-0.2, 0) is 11.2 Å². The molecule has 1 atom stereocenters. The van der Waals surface area contributed by atoms with E-state index in [9.17, 15) is 9.59 Å². The maximum atomic E-state index is 13.2. The van der Waals surface area contributed by atoms with Gasteiger partial charge in [0, 0.05) is 32.6 Å². The number of carbonyl (C=O) groups excluding carboxylic acids is 2. The molecular weight excluding hydrogens is 360 g/mol. The van der Waals surface area contributed by atoms with Gasteiger partial charge in [0.1, 0.15) is 12.4 Å². The molecule has 9 nitrogen and oxygen atoms in total. The van der Waals surface area contributed by atoms with Gasteiger partial charge in [-0.2, -0.15) is 0 Å². The van der Waals surface area contributed by atoms with E-state index in [1.165, 1.54) is 17.3 Å². The van der Waals surface area contributed by atoms with E-state index < -0.39 is 6.04 Å². The summed E-state index contributed by atoms with van der Waals surface area (Å²) in [6.45, 7) is 1.83. The van der Waals surface area contributed by atoms with E-state index >= 15 is 0 Å². The second-order valence-electron chi connectivity index (χ2n) is 6.59. The number of aromatic nitrogens is 4. The number of carbonyl (C=O) groups is 2. The molecule has 1 saturated heterocycles. The molecule has 144 valence electrons. The standard InChI is InChI=1S/C19H20N6O3/c26-18(16(25-14-20-21-22-25)13-15-5-2-1-3-6-15)23-8-10-24(11-9-23)19(27)17-7-4-12-28-17/h1-7,12,14,16H,8-11,13H2/t16-/m0/s1. The Hall–Kier alpha value is -3.49. The topological polar surface area (TPSA) is 97.4 Å². The van der Waals surface area contributed by atoms with Crippen molar-refractivity contribution in [3.8, 4) is 0 Å². The Bertz CT molecular complexity index is 903. The zero-order chi connectivity index (χ0) is 19.3. The van der Waals surface area contributed by atoms with Crippen LogP contribution in [0.15, 0.2) is 59.5 Å². The van der Waals surface area contributed by atoms with Gasteiger partial charge in [0.15, 0.2) is 5.76 Å². The molecule has 3 aromatic rings. The van der Waals surface area contributed by atoms with Crippen LogP contribution < -0.4 is 0 Å². The molecule has 0 bridgehead atoms. The summed E-state index contributed by atoms with van der Waals surface area (Å²) in [4.78, 5) is 29.1. The van der Waals surface area contributed by atoms with Gasteiger partial charge in [-0.3, -0.25) is 9.59 Å². The molecule has 0 aliphatic carbocycles. The number of hydrogen-bond donors (Lipinski definition) is 0. The number of tetrazole rings is 1. The first kappa shape index (κ1) is 17.9. The van der Waals surface area contributed by atoms with Crippen LogP contribution in [0, 0.1) is 0 Å². The fraction of sp³-hybridized carbons (Fsp3) is 0.316. The summed E-state index contributed by atoms with van der Waals surface area (Å²) >= 11 is 0. The van der Waals surface area contributed by atoms with Crippen molar-refractivity contribution < 1.29 is 14.0 Å². The maximum Gasteiger partial charge on any atom is 0.289 e. The fourth-order valence-electron chi connectivity index (χ4n) is 3.34. The Morgan fingerprint density at radius 1 is 1.00 bits per heavy atom. The molecule has 1 aliphatic heterocycles. The highest BCUT2D eigenvalue weighted by Crippen LogP contribution is 2.18. The van der Waals surface area contributed by atoms with Crippen LogP contribution in [0.1, 0.15) is 22.2 Å². The predicted octanol–water partition coefficient (Wildman–Crippen LogP) is 1.03. The Labute approximate surface area is 161 Å². The highest BCUT2D eigenvalue weighted by molar-refractivity contribution is 5.91. The lowest BCUT2D eigenvalue weighted by Gasteiger charge is -2.36. The Balaban J connectivity index is 1.44. The van der Waals surface area contributed by atoms with E-state index in [0.29, 0.717) is 38.4 Å². The largest absolute Gasteiger partial charge is 0.459 e.